The zero-order chi connectivity index (χ0) is 16.0. The summed E-state index contributed by atoms with van der Waals surface area (Å²) in [5.74, 6) is 1.22. The van der Waals surface area contributed by atoms with Crippen molar-refractivity contribution in [1.82, 2.24) is 19.5 Å². The van der Waals surface area contributed by atoms with Crippen LogP contribution in [0.1, 0.15) is 12.1 Å². The smallest absolute Gasteiger partial charge is 0.167 e. The number of ether oxygens (including phenoxy) is 1. The lowest BCUT2D eigenvalue weighted by Gasteiger charge is -2.17. The third-order valence-corrected chi connectivity index (χ3v) is 3.73. The van der Waals surface area contributed by atoms with Crippen molar-refractivity contribution in [3.63, 3.8) is 0 Å². The lowest BCUT2D eigenvalue weighted by atomic mass is 10.1. The third kappa shape index (κ3) is 2.22. The second-order valence-corrected chi connectivity index (χ2v) is 5.54. The number of aliphatic hydroxyl groups is 3. The number of rotatable bonds is 3. The van der Waals surface area contributed by atoms with Gasteiger partial charge in [0.2, 0.25) is 0 Å². The Morgan fingerprint density at radius 2 is 2.00 bits per heavy atom. The number of anilines is 1. The van der Waals surface area contributed by atoms with Gasteiger partial charge in [0.1, 0.15) is 24.1 Å². The van der Waals surface area contributed by atoms with Crippen LogP contribution < -0.4 is 4.90 Å². The average Bonchev–Trinajstić information content (AvgIpc) is 3.00. The van der Waals surface area contributed by atoms with Crippen LogP contribution in [0.5, 0.6) is 0 Å². The maximum absolute atomic E-state index is 10.1. The molecule has 22 heavy (non-hydrogen) atoms. The summed E-state index contributed by atoms with van der Waals surface area (Å²) in [5.41, 5.74) is 1.08. The van der Waals surface area contributed by atoms with Crippen LogP contribution in [0.25, 0.3) is 11.2 Å². The minimum atomic E-state index is -1.17. The molecule has 9 nitrogen and oxygen atoms in total. The Morgan fingerprint density at radius 1 is 1.27 bits per heavy atom. The predicted octanol–water partition coefficient (Wildman–Crippen LogP) is -1.19. The first-order valence-corrected chi connectivity index (χ1v) is 6.95. The van der Waals surface area contributed by atoms with Crippen molar-refractivity contribution in [3.8, 4) is 0 Å². The van der Waals surface area contributed by atoms with Crippen molar-refractivity contribution in [2.45, 2.75) is 31.5 Å². The van der Waals surface area contributed by atoms with Gasteiger partial charge < -0.3 is 25.0 Å². The highest BCUT2D eigenvalue weighted by Gasteiger charge is 2.44. The van der Waals surface area contributed by atoms with Crippen LogP contribution in [0.15, 0.2) is 6.33 Å². The van der Waals surface area contributed by atoms with E-state index in [-0.39, 0.29) is 6.61 Å². The van der Waals surface area contributed by atoms with Crippen LogP contribution in [-0.4, -0.2) is 73.9 Å². The van der Waals surface area contributed by atoms with Crippen LogP contribution in [0, 0.1) is 6.92 Å². The van der Waals surface area contributed by atoms with Gasteiger partial charge in [-0.2, -0.15) is 0 Å². The largest absolute Gasteiger partial charge is 0.394 e. The number of hydrogen-bond acceptors (Lipinski definition) is 8. The molecule has 0 bridgehead atoms. The molecule has 0 saturated carbocycles. The molecule has 9 heteroatoms. The highest BCUT2D eigenvalue weighted by molar-refractivity contribution is 5.83. The molecular weight excluding hydrogens is 290 g/mol. The van der Waals surface area contributed by atoms with Crippen molar-refractivity contribution >= 4 is 17.0 Å². The van der Waals surface area contributed by atoms with E-state index in [0.717, 1.165) is 0 Å². The van der Waals surface area contributed by atoms with Gasteiger partial charge in [-0.3, -0.25) is 4.57 Å². The highest BCUT2D eigenvalue weighted by atomic mass is 16.6. The first-order chi connectivity index (χ1) is 10.4. The molecule has 3 heterocycles. The number of nitrogens with zero attached hydrogens (tertiary/aromatic N) is 5. The molecular formula is C13H19N5O4. The molecule has 1 saturated heterocycles. The molecule has 4 atom stereocenters. The van der Waals surface area contributed by atoms with Crippen molar-refractivity contribution in [3.05, 3.63) is 12.2 Å². The zero-order valence-corrected chi connectivity index (χ0v) is 12.6. The standard InChI is InChI=1S/C13H19N5O4/c1-6-15-11(17(2)3)8-12(16-6)18(5-14-8)13-10(21)9(20)7(4-19)22-13/h5,7,9-10,13,19-21H,4H2,1-3H3. The van der Waals surface area contributed by atoms with E-state index in [2.05, 4.69) is 15.0 Å². The number of imidazole rings is 1. The summed E-state index contributed by atoms with van der Waals surface area (Å²) in [4.78, 5) is 14.8. The van der Waals surface area contributed by atoms with E-state index in [4.69, 9.17) is 4.74 Å². The molecule has 1 fully saturated rings. The van der Waals surface area contributed by atoms with Gasteiger partial charge in [-0.1, -0.05) is 0 Å². The first kappa shape index (κ1) is 15.1. The zero-order valence-electron chi connectivity index (χ0n) is 12.6. The van der Waals surface area contributed by atoms with Crippen LogP contribution in [0.2, 0.25) is 0 Å². The van der Waals surface area contributed by atoms with Crippen LogP contribution in [-0.2, 0) is 4.74 Å². The molecule has 2 aromatic heterocycles. The maximum atomic E-state index is 10.1. The molecule has 0 aliphatic carbocycles. The number of aryl methyl sites for hydroxylation is 1. The van der Waals surface area contributed by atoms with E-state index in [1.54, 1.807) is 11.5 Å². The van der Waals surface area contributed by atoms with Crippen LogP contribution >= 0.6 is 0 Å². The topological polar surface area (TPSA) is 117 Å². The Balaban J connectivity index is 2.09. The number of fused-ring (bicyclic) bond motifs is 1. The average molecular weight is 309 g/mol. The SMILES string of the molecule is Cc1nc(N(C)C)c2ncn(C3OC(CO)C(O)C3O)c2n1. The fraction of sp³-hybridized carbons (Fsp3) is 0.615. The number of hydrogen-bond donors (Lipinski definition) is 3. The van der Waals surface area contributed by atoms with Gasteiger partial charge in [0.25, 0.3) is 0 Å². The Morgan fingerprint density at radius 3 is 2.59 bits per heavy atom. The highest BCUT2D eigenvalue weighted by Crippen LogP contribution is 2.32. The molecule has 0 spiro atoms. The van der Waals surface area contributed by atoms with Gasteiger partial charge in [-0.25, -0.2) is 15.0 Å². The van der Waals surface area contributed by atoms with Gasteiger partial charge in [0.15, 0.2) is 23.2 Å². The summed E-state index contributed by atoms with van der Waals surface area (Å²) in [7, 11) is 3.71. The Kier molecular flexibility index (Phi) is 3.73. The molecule has 2 aromatic rings. The van der Waals surface area contributed by atoms with E-state index >= 15 is 0 Å². The molecule has 1 aliphatic rings. The number of aromatic nitrogens is 4. The van der Waals surface area contributed by atoms with Gasteiger partial charge in [0, 0.05) is 14.1 Å². The minimum Gasteiger partial charge on any atom is -0.394 e. The second kappa shape index (κ2) is 5.43. The molecule has 0 aromatic carbocycles. The Labute approximate surface area is 126 Å². The van der Waals surface area contributed by atoms with E-state index in [1.807, 2.05) is 19.0 Å². The minimum absolute atomic E-state index is 0.377. The summed E-state index contributed by atoms with van der Waals surface area (Å²) in [5, 5.41) is 29.2. The predicted molar refractivity (Wildman–Crippen MR) is 77.4 cm³/mol. The molecule has 120 valence electrons. The Hall–Kier alpha value is -1.81. The molecule has 3 rings (SSSR count). The number of aliphatic hydroxyl groups excluding tert-OH is 3. The quantitative estimate of drug-likeness (QED) is 0.648. The fourth-order valence-corrected chi connectivity index (χ4v) is 2.62. The van der Waals surface area contributed by atoms with Crippen molar-refractivity contribution < 1.29 is 20.1 Å². The summed E-state index contributed by atoms with van der Waals surface area (Å²) in [6.45, 7) is 1.39. The van der Waals surface area contributed by atoms with E-state index in [0.29, 0.717) is 22.8 Å². The first-order valence-electron chi connectivity index (χ1n) is 6.95. The Bertz CT molecular complexity index is 688. The van der Waals surface area contributed by atoms with Crippen LogP contribution in [0.4, 0.5) is 5.82 Å². The van der Waals surface area contributed by atoms with E-state index in [9.17, 15) is 15.3 Å². The van der Waals surface area contributed by atoms with E-state index in [1.165, 1.54) is 6.33 Å². The summed E-state index contributed by atoms with van der Waals surface area (Å²) in [6, 6.07) is 0. The summed E-state index contributed by atoms with van der Waals surface area (Å²) >= 11 is 0. The summed E-state index contributed by atoms with van der Waals surface area (Å²) in [6.07, 6.45) is -2.54. The molecule has 0 radical (unpaired) electrons. The fourth-order valence-electron chi connectivity index (χ4n) is 2.62. The monoisotopic (exact) mass is 309 g/mol. The molecule has 4 unspecified atom stereocenters. The third-order valence-electron chi connectivity index (χ3n) is 3.73. The lowest BCUT2D eigenvalue weighted by molar-refractivity contribution is -0.0511. The van der Waals surface area contributed by atoms with Crippen LogP contribution in [0.3, 0.4) is 0 Å². The van der Waals surface area contributed by atoms with Gasteiger partial charge in [0.05, 0.1) is 12.9 Å². The summed E-state index contributed by atoms with van der Waals surface area (Å²) < 4.78 is 7.08. The van der Waals surface area contributed by atoms with Gasteiger partial charge in [-0.05, 0) is 6.92 Å². The molecule has 1 aliphatic heterocycles. The normalized spacial score (nSPS) is 28.5. The maximum Gasteiger partial charge on any atom is 0.167 e. The van der Waals surface area contributed by atoms with Crippen molar-refractivity contribution in [2.24, 2.45) is 0 Å². The molecule has 3 N–H and O–H groups in total. The van der Waals surface area contributed by atoms with Gasteiger partial charge in [-0.15, -0.1) is 0 Å². The lowest BCUT2D eigenvalue weighted by Crippen LogP contribution is -2.33. The van der Waals surface area contributed by atoms with Gasteiger partial charge >= 0.3 is 0 Å². The van der Waals surface area contributed by atoms with Crippen molar-refractivity contribution in [1.29, 1.82) is 0 Å². The van der Waals surface area contributed by atoms with E-state index < -0.39 is 24.5 Å². The van der Waals surface area contributed by atoms with Crippen molar-refractivity contribution in [2.75, 3.05) is 25.6 Å². The molecule has 0 amide bonds. The second-order valence-electron chi connectivity index (χ2n) is 5.54.